The van der Waals surface area contributed by atoms with Crippen LogP contribution in [0.4, 0.5) is 5.69 Å². The van der Waals surface area contributed by atoms with E-state index in [-0.39, 0.29) is 11.7 Å². The van der Waals surface area contributed by atoms with Gasteiger partial charge in [-0.2, -0.15) is 0 Å². The average Bonchev–Trinajstić information content (AvgIpc) is 2.60. The fourth-order valence-corrected chi connectivity index (χ4v) is 3.95. The Kier molecular flexibility index (Phi) is 3.66. The van der Waals surface area contributed by atoms with Crippen molar-refractivity contribution >= 4 is 21.7 Å². The molecule has 0 aliphatic carbocycles. The normalized spacial score (nSPS) is 21.3. The molecule has 1 aliphatic heterocycles. The fourth-order valence-electron chi connectivity index (χ4n) is 2.02. The highest BCUT2D eigenvalue weighted by Crippen LogP contribution is 2.28. The van der Waals surface area contributed by atoms with Crippen LogP contribution in [0.2, 0.25) is 0 Å². The first-order valence-electron chi connectivity index (χ1n) is 5.83. The minimum Gasteiger partial charge on any atom is -0.482 e. The number of benzene rings is 1. The minimum absolute atomic E-state index is 0.105. The maximum atomic E-state index is 11.9. The quantitative estimate of drug-likeness (QED) is 0.890. The van der Waals surface area contributed by atoms with Crippen molar-refractivity contribution in [3.05, 3.63) is 24.3 Å². The van der Waals surface area contributed by atoms with Gasteiger partial charge in [0.1, 0.15) is 5.75 Å². The molecule has 1 aromatic rings. The highest BCUT2D eigenvalue weighted by atomic mass is 32.2. The van der Waals surface area contributed by atoms with Gasteiger partial charge in [0.25, 0.3) is 0 Å². The van der Waals surface area contributed by atoms with Crippen LogP contribution in [-0.4, -0.2) is 38.4 Å². The Bertz CT molecular complexity index is 566. The molecule has 1 atom stereocenters. The zero-order valence-corrected chi connectivity index (χ0v) is 11.3. The van der Waals surface area contributed by atoms with Crippen molar-refractivity contribution in [1.82, 2.24) is 0 Å². The molecular formula is C12H15NO5S. The Morgan fingerprint density at radius 1 is 1.42 bits per heavy atom. The second-order valence-electron chi connectivity index (χ2n) is 4.59. The zero-order valence-electron chi connectivity index (χ0n) is 10.4. The van der Waals surface area contributed by atoms with Crippen molar-refractivity contribution in [2.24, 2.45) is 5.92 Å². The summed E-state index contributed by atoms with van der Waals surface area (Å²) in [4.78, 5) is 10.4. The summed E-state index contributed by atoms with van der Waals surface area (Å²) in [6.45, 7) is 1.94. The zero-order chi connectivity index (χ0) is 14.0. The summed E-state index contributed by atoms with van der Waals surface area (Å²) in [5, 5.41) is 8.49. The second-order valence-corrected chi connectivity index (χ2v) is 6.53. The van der Waals surface area contributed by atoms with E-state index in [1.165, 1.54) is 4.31 Å². The number of carboxylic acids is 1. The van der Waals surface area contributed by atoms with Crippen molar-refractivity contribution in [3.8, 4) is 5.75 Å². The molecule has 1 aliphatic rings. The van der Waals surface area contributed by atoms with Gasteiger partial charge >= 0.3 is 5.97 Å². The Morgan fingerprint density at radius 3 is 2.53 bits per heavy atom. The Hall–Kier alpha value is -1.76. The second kappa shape index (κ2) is 5.08. The predicted octanol–water partition coefficient (Wildman–Crippen LogP) is 0.936. The number of carbonyl (C=O) groups is 1. The lowest BCUT2D eigenvalue weighted by molar-refractivity contribution is -0.139. The molecule has 19 heavy (non-hydrogen) atoms. The van der Waals surface area contributed by atoms with Crippen LogP contribution in [0.5, 0.6) is 5.75 Å². The summed E-state index contributed by atoms with van der Waals surface area (Å²) in [5.41, 5.74) is 0.576. The van der Waals surface area contributed by atoms with E-state index >= 15 is 0 Å². The van der Waals surface area contributed by atoms with Gasteiger partial charge in [-0.25, -0.2) is 13.2 Å². The molecule has 7 heteroatoms. The van der Waals surface area contributed by atoms with E-state index in [2.05, 4.69) is 0 Å². The van der Waals surface area contributed by atoms with E-state index in [0.29, 0.717) is 18.0 Å². The van der Waals surface area contributed by atoms with E-state index < -0.39 is 22.6 Å². The summed E-state index contributed by atoms with van der Waals surface area (Å²) in [6, 6.07) is 6.37. The molecule has 1 saturated heterocycles. The highest BCUT2D eigenvalue weighted by molar-refractivity contribution is 7.93. The number of nitrogens with zero attached hydrogens (tertiary/aromatic N) is 1. The van der Waals surface area contributed by atoms with Crippen LogP contribution in [0.25, 0.3) is 0 Å². The molecule has 0 spiro atoms. The molecule has 6 nitrogen and oxygen atoms in total. The first-order chi connectivity index (χ1) is 8.88. The summed E-state index contributed by atoms with van der Waals surface area (Å²) < 4.78 is 30.1. The number of carboxylic acid groups (broad SMARTS) is 1. The Labute approximate surface area is 111 Å². The minimum atomic E-state index is -3.23. The van der Waals surface area contributed by atoms with Crippen LogP contribution in [0.15, 0.2) is 24.3 Å². The van der Waals surface area contributed by atoms with Crippen LogP contribution in [-0.2, 0) is 14.8 Å². The van der Waals surface area contributed by atoms with Crippen LogP contribution in [0.3, 0.4) is 0 Å². The van der Waals surface area contributed by atoms with Crippen molar-refractivity contribution in [1.29, 1.82) is 0 Å². The van der Waals surface area contributed by atoms with Gasteiger partial charge in [0.05, 0.1) is 11.4 Å². The van der Waals surface area contributed by atoms with Crippen LogP contribution in [0.1, 0.15) is 6.92 Å². The fraction of sp³-hybridized carbons (Fsp3) is 0.417. The third kappa shape index (κ3) is 3.17. The monoisotopic (exact) mass is 285 g/mol. The van der Waals surface area contributed by atoms with Crippen molar-refractivity contribution in [2.75, 3.05) is 23.2 Å². The number of sulfonamides is 1. The molecular weight excluding hydrogens is 270 g/mol. The average molecular weight is 285 g/mol. The molecule has 0 amide bonds. The SMILES string of the molecule is CC1CN(c2ccc(OCC(=O)O)cc2)S(=O)(=O)C1. The Balaban J connectivity index is 2.12. The molecule has 104 valence electrons. The van der Waals surface area contributed by atoms with Crippen molar-refractivity contribution < 1.29 is 23.1 Å². The highest BCUT2D eigenvalue weighted by Gasteiger charge is 2.33. The van der Waals surface area contributed by atoms with Gasteiger partial charge in [0, 0.05) is 6.54 Å². The standard InChI is InChI=1S/C12H15NO5S/c1-9-6-13(19(16,17)8-9)10-2-4-11(5-3-10)18-7-12(14)15/h2-5,9H,6-8H2,1H3,(H,14,15). The number of anilines is 1. The van der Waals surface area contributed by atoms with Gasteiger partial charge in [-0.05, 0) is 30.2 Å². The van der Waals surface area contributed by atoms with Gasteiger partial charge in [-0.15, -0.1) is 0 Å². The van der Waals surface area contributed by atoms with E-state index in [0.717, 1.165) is 0 Å². The molecule has 0 bridgehead atoms. The topological polar surface area (TPSA) is 83.9 Å². The van der Waals surface area contributed by atoms with Gasteiger partial charge in [-0.3, -0.25) is 4.31 Å². The van der Waals surface area contributed by atoms with Crippen molar-refractivity contribution in [2.45, 2.75) is 6.92 Å². The Morgan fingerprint density at radius 2 is 2.05 bits per heavy atom. The number of rotatable bonds is 4. The summed E-state index contributed by atoms with van der Waals surface area (Å²) in [6.07, 6.45) is 0. The lowest BCUT2D eigenvalue weighted by Crippen LogP contribution is -2.25. The lowest BCUT2D eigenvalue weighted by Gasteiger charge is -2.17. The number of hydrogen-bond acceptors (Lipinski definition) is 4. The molecule has 1 heterocycles. The smallest absolute Gasteiger partial charge is 0.341 e. The summed E-state index contributed by atoms with van der Waals surface area (Å²) >= 11 is 0. The molecule has 1 unspecified atom stereocenters. The van der Waals surface area contributed by atoms with Crippen LogP contribution in [0, 0.1) is 5.92 Å². The lowest BCUT2D eigenvalue weighted by atomic mass is 10.2. The third-order valence-electron chi connectivity index (χ3n) is 2.80. The molecule has 0 aromatic heterocycles. The molecule has 0 saturated carbocycles. The maximum Gasteiger partial charge on any atom is 0.341 e. The summed E-state index contributed by atoms with van der Waals surface area (Å²) in [7, 11) is -3.23. The summed E-state index contributed by atoms with van der Waals surface area (Å²) in [5.74, 6) is -0.395. The van der Waals surface area contributed by atoms with Gasteiger partial charge in [-0.1, -0.05) is 6.92 Å². The molecule has 1 aromatic carbocycles. The van der Waals surface area contributed by atoms with E-state index in [9.17, 15) is 13.2 Å². The molecule has 0 radical (unpaired) electrons. The molecule has 1 N–H and O–H groups in total. The van der Waals surface area contributed by atoms with Gasteiger partial charge in [0.15, 0.2) is 6.61 Å². The van der Waals surface area contributed by atoms with E-state index in [1.807, 2.05) is 6.92 Å². The first kappa shape index (κ1) is 13.7. The van der Waals surface area contributed by atoms with Gasteiger partial charge < -0.3 is 9.84 Å². The van der Waals surface area contributed by atoms with Gasteiger partial charge in [0.2, 0.25) is 10.0 Å². The first-order valence-corrected chi connectivity index (χ1v) is 7.44. The van der Waals surface area contributed by atoms with E-state index in [4.69, 9.17) is 9.84 Å². The third-order valence-corrected chi connectivity index (χ3v) is 4.82. The molecule has 2 rings (SSSR count). The number of ether oxygens (including phenoxy) is 1. The number of hydrogen-bond donors (Lipinski definition) is 1. The molecule has 1 fully saturated rings. The number of aliphatic carboxylic acids is 1. The van der Waals surface area contributed by atoms with Crippen LogP contribution < -0.4 is 9.04 Å². The van der Waals surface area contributed by atoms with E-state index in [1.54, 1.807) is 24.3 Å². The predicted molar refractivity (Wildman–Crippen MR) is 69.9 cm³/mol. The largest absolute Gasteiger partial charge is 0.482 e. The maximum absolute atomic E-state index is 11.9. The van der Waals surface area contributed by atoms with Crippen molar-refractivity contribution in [3.63, 3.8) is 0 Å². The van der Waals surface area contributed by atoms with Crippen LogP contribution >= 0.6 is 0 Å².